The van der Waals surface area contributed by atoms with Gasteiger partial charge in [-0.2, -0.15) is 5.10 Å². The third-order valence-electron chi connectivity index (χ3n) is 7.11. The number of carbonyl (C=O) groups is 3. The molecular weight excluding hydrogens is 574 g/mol. The Balaban J connectivity index is 1.26. The monoisotopic (exact) mass is 593 g/mol. The zero-order chi connectivity index (χ0) is 30.5. The second-order valence-corrected chi connectivity index (χ2v) is 9.78. The van der Waals surface area contributed by atoms with Gasteiger partial charge in [-0.15, -0.1) is 13.2 Å². The molecule has 0 spiro atoms. The maximum absolute atomic E-state index is 14.7. The maximum atomic E-state index is 14.7. The number of primary amides is 1. The van der Waals surface area contributed by atoms with Gasteiger partial charge in [0.2, 0.25) is 11.8 Å². The number of likely N-dealkylation sites (tertiary alicyclic amines) is 1. The molecule has 0 saturated carbocycles. The number of hydrogen-bond acceptors (Lipinski definition) is 7. The number of amides is 3. The number of rotatable bonds is 7. The molecule has 0 bridgehead atoms. The van der Waals surface area contributed by atoms with E-state index in [4.69, 9.17) is 5.73 Å². The molecule has 2 aliphatic rings. The number of carbonyl (C=O) groups excluding carboxylic acids is 3. The van der Waals surface area contributed by atoms with Gasteiger partial charge in [-0.1, -0.05) is 24.0 Å². The molecule has 3 heterocycles. The number of nitrogens with one attached hydrogen (secondary N) is 1. The van der Waals surface area contributed by atoms with Crippen molar-refractivity contribution in [3.8, 4) is 28.7 Å². The molecule has 2 aromatic heterocycles. The number of aromatic nitrogens is 4. The number of fused-ring (bicyclic) bond motifs is 2. The molecule has 15 heteroatoms. The highest BCUT2D eigenvalue weighted by Gasteiger charge is 2.49. The Hall–Kier alpha value is -5.52. The molecule has 3 amide bonds. The quantitative estimate of drug-likeness (QED) is 0.248. The van der Waals surface area contributed by atoms with Crippen LogP contribution in [-0.2, 0) is 16.1 Å². The van der Waals surface area contributed by atoms with E-state index in [0.29, 0.717) is 22.0 Å². The normalized spacial score (nSPS) is 18.8. The third kappa shape index (κ3) is 5.18. The van der Waals surface area contributed by atoms with Crippen LogP contribution in [-0.4, -0.2) is 60.8 Å². The van der Waals surface area contributed by atoms with E-state index in [9.17, 15) is 31.9 Å². The van der Waals surface area contributed by atoms with Crippen molar-refractivity contribution >= 4 is 34.3 Å². The van der Waals surface area contributed by atoms with Crippen LogP contribution in [0.2, 0.25) is 0 Å². The Morgan fingerprint density at radius 2 is 1.86 bits per heavy atom. The molecule has 4 aromatic rings. The summed E-state index contributed by atoms with van der Waals surface area (Å²) in [6.07, 6.45) is -0.459. The van der Waals surface area contributed by atoms with E-state index in [2.05, 4.69) is 37.0 Å². The molecule has 1 fully saturated rings. The number of anilines is 1. The molecule has 43 heavy (non-hydrogen) atoms. The average Bonchev–Trinajstić information content (AvgIpc) is 3.44. The van der Waals surface area contributed by atoms with E-state index in [1.807, 2.05) is 0 Å². The van der Waals surface area contributed by atoms with E-state index >= 15 is 0 Å². The van der Waals surface area contributed by atoms with Gasteiger partial charge in [0.25, 0.3) is 5.91 Å². The second-order valence-electron chi connectivity index (χ2n) is 9.78. The van der Waals surface area contributed by atoms with Gasteiger partial charge in [0, 0.05) is 23.3 Å². The van der Waals surface area contributed by atoms with Crippen LogP contribution in [0.4, 0.5) is 23.2 Å². The van der Waals surface area contributed by atoms with Crippen LogP contribution in [0.5, 0.6) is 5.75 Å². The maximum Gasteiger partial charge on any atom is 0.573 e. The van der Waals surface area contributed by atoms with Gasteiger partial charge in [0.05, 0.1) is 17.1 Å². The molecule has 11 nitrogen and oxygen atoms in total. The van der Waals surface area contributed by atoms with E-state index in [-0.39, 0.29) is 18.0 Å². The van der Waals surface area contributed by atoms with Crippen LogP contribution in [0.3, 0.4) is 0 Å². The Morgan fingerprint density at radius 1 is 1.09 bits per heavy atom. The van der Waals surface area contributed by atoms with E-state index < -0.39 is 60.0 Å². The summed E-state index contributed by atoms with van der Waals surface area (Å²) in [6.45, 7) is -0.393. The standard InChI is InChI=1S/C28H19F4N7O4/c29-24-18(2-1-3-22(24)43-28(30,31)32)36-27(42)21-9-15-5-6-19(15)39(21)23(40)12-38-20-7-4-14(16-10-34-13-35-11-16)8-17(20)25(37-38)26(33)41/h1-4,7-8,10-11,13,15,19,21H,9,12H2,(H2,33,41)(H,36,42)/t15-,19-,21+/m1/s1. The van der Waals surface area contributed by atoms with Gasteiger partial charge in [-0.3, -0.25) is 19.1 Å². The smallest absolute Gasteiger partial charge is 0.403 e. The fourth-order valence-corrected chi connectivity index (χ4v) is 5.18. The fourth-order valence-electron chi connectivity index (χ4n) is 5.18. The summed E-state index contributed by atoms with van der Waals surface area (Å²) in [5.74, 6) is 0.646. The highest BCUT2D eigenvalue weighted by Crippen LogP contribution is 2.36. The summed E-state index contributed by atoms with van der Waals surface area (Å²) >= 11 is 0. The first-order valence-corrected chi connectivity index (χ1v) is 12.7. The van der Waals surface area contributed by atoms with E-state index in [0.717, 1.165) is 18.2 Å². The molecule has 0 unspecified atom stereocenters. The Kier molecular flexibility index (Phi) is 6.68. The number of nitrogens with two attached hydrogens (primary N) is 1. The van der Waals surface area contributed by atoms with Crippen molar-refractivity contribution in [1.29, 1.82) is 0 Å². The number of hydrogen-bond donors (Lipinski definition) is 2. The first-order valence-electron chi connectivity index (χ1n) is 12.7. The number of benzene rings is 2. The highest BCUT2D eigenvalue weighted by molar-refractivity contribution is 6.05. The lowest BCUT2D eigenvalue weighted by Crippen LogP contribution is -2.49. The Morgan fingerprint density at radius 3 is 2.53 bits per heavy atom. The van der Waals surface area contributed by atoms with E-state index in [1.54, 1.807) is 30.6 Å². The molecule has 218 valence electrons. The van der Waals surface area contributed by atoms with Crippen LogP contribution in [0.15, 0.2) is 55.1 Å². The van der Waals surface area contributed by atoms with Gasteiger partial charge in [0.1, 0.15) is 25.0 Å². The molecule has 3 atom stereocenters. The van der Waals surface area contributed by atoms with Crippen LogP contribution < -0.4 is 15.8 Å². The van der Waals surface area contributed by atoms with Crippen molar-refractivity contribution in [2.45, 2.75) is 31.4 Å². The lowest BCUT2D eigenvalue weighted by Gasteiger charge is -2.29. The summed E-state index contributed by atoms with van der Waals surface area (Å²) in [5.41, 5.74) is 6.72. The lowest BCUT2D eigenvalue weighted by molar-refractivity contribution is -0.275. The van der Waals surface area contributed by atoms with Crippen molar-refractivity contribution in [3.63, 3.8) is 0 Å². The minimum Gasteiger partial charge on any atom is -0.403 e. The predicted octanol–water partition coefficient (Wildman–Crippen LogP) is 2.87. The average molecular weight is 593 g/mol. The zero-order valence-electron chi connectivity index (χ0n) is 21.8. The summed E-state index contributed by atoms with van der Waals surface area (Å²) < 4.78 is 57.6. The van der Waals surface area contributed by atoms with E-state index in [1.165, 1.54) is 15.9 Å². The number of ether oxygens (including phenoxy) is 1. The summed E-state index contributed by atoms with van der Waals surface area (Å²) in [4.78, 5) is 48.3. The summed E-state index contributed by atoms with van der Waals surface area (Å²) in [5, 5.41) is 6.90. The van der Waals surface area contributed by atoms with Crippen LogP contribution in [0, 0.1) is 23.6 Å². The first-order chi connectivity index (χ1) is 20.5. The highest BCUT2D eigenvalue weighted by atomic mass is 19.4. The largest absolute Gasteiger partial charge is 0.573 e. The molecule has 1 aliphatic heterocycles. The SMILES string of the molecule is NC(=O)c1nn(CC(=O)N2[C@@H]3C#C[C@@H]3C[C@H]2C(=O)Nc2cccc(OC(F)(F)F)c2F)c2ccc(-c3cncnc3)cc12. The van der Waals surface area contributed by atoms with Crippen molar-refractivity contribution in [1.82, 2.24) is 24.6 Å². The molecule has 3 N–H and O–H groups in total. The van der Waals surface area contributed by atoms with Crippen LogP contribution >= 0.6 is 0 Å². The molecule has 1 aliphatic carbocycles. The number of nitrogens with zero attached hydrogens (tertiary/aromatic N) is 5. The fraction of sp³-hybridized carbons (Fsp3) is 0.214. The first kappa shape index (κ1) is 27.6. The van der Waals surface area contributed by atoms with Crippen LogP contribution in [0.1, 0.15) is 16.9 Å². The minimum atomic E-state index is -5.14. The predicted molar refractivity (Wildman–Crippen MR) is 141 cm³/mol. The third-order valence-corrected chi connectivity index (χ3v) is 7.11. The number of alkyl halides is 3. The Bertz CT molecular complexity index is 1850. The molecule has 1 saturated heterocycles. The van der Waals surface area contributed by atoms with Crippen molar-refractivity contribution in [2.24, 2.45) is 11.7 Å². The van der Waals surface area contributed by atoms with Crippen molar-refractivity contribution < 1.29 is 36.7 Å². The van der Waals surface area contributed by atoms with Crippen molar-refractivity contribution in [3.05, 3.63) is 66.6 Å². The summed E-state index contributed by atoms with van der Waals surface area (Å²) in [7, 11) is 0. The Labute approximate surface area is 239 Å². The van der Waals surface area contributed by atoms with Gasteiger partial charge in [0.15, 0.2) is 17.3 Å². The van der Waals surface area contributed by atoms with Crippen LogP contribution in [0.25, 0.3) is 22.0 Å². The minimum absolute atomic E-state index is 0.0741. The molecule has 0 radical (unpaired) electrons. The second kappa shape index (κ2) is 10.4. The van der Waals surface area contributed by atoms with Gasteiger partial charge >= 0.3 is 6.36 Å². The summed E-state index contributed by atoms with van der Waals surface area (Å²) in [6, 6.07) is 6.26. The molecule has 2 aromatic carbocycles. The van der Waals surface area contributed by atoms with Gasteiger partial charge in [-0.05, 0) is 36.2 Å². The topological polar surface area (TPSA) is 145 Å². The van der Waals surface area contributed by atoms with Crippen molar-refractivity contribution in [2.75, 3.05) is 5.32 Å². The molecule has 6 rings (SSSR count). The van der Waals surface area contributed by atoms with Gasteiger partial charge < -0.3 is 20.7 Å². The number of halogens is 4. The van der Waals surface area contributed by atoms with Gasteiger partial charge in [-0.25, -0.2) is 14.4 Å². The lowest BCUT2D eigenvalue weighted by atomic mass is 9.92. The zero-order valence-corrected chi connectivity index (χ0v) is 21.8. The molecular formula is C28H19F4N7O4.